The molecule has 0 aromatic heterocycles. The summed E-state index contributed by atoms with van der Waals surface area (Å²) in [5, 5.41) is 0. The van der Waals surface area contributed by atoms with Crippen molar-refractivity contribution in [1.82, 2.24) is 0 Å². The third kappa shape index (κ3) is 3.24. The lowest BCUT2D eigenvalue weighted by atomic mass is 9.84. The van der Waals surface area contributed by atoms with Gasteiger partial charge in [-0.05, 0) is 18.8 Å². The first-order valence-corrected chi connectivity index (χ1v) is 5.08. The van der Waals surface area contributed by atoms with Crippen LogP contribution in [0.4, 0.5) is 0 Å². The van der Waals surface area contributed by atoms with E-state index in [-0.39, 0.29) is 0 Å². The van der Waals surface area contributed by atoms with Crippen molar-refractivity contribution in [1.29, 1.82) is 0 Å². The van der Waals surface area contributed by atoms with Crippen molar-refractivity contribution in [3.63, 3.8) is 0 Å². The van der Waals surface area contributed by atoms with E-state index in [4.69, 9.17) is 5.73 Å². The van der Waals surface area contributed by atoms with Gasteiger partial charge in [-0.2, -0.15) is 0 Å². The highest BCUT2D eigenvalue weighted by Gasteiger charge is 2.15. The lowest BCUT2D eigenvalue weighted by Crippen LogP contribution is -2.23. The maximum atomic E-state index is 5.90. The van der Waals surface area contributed by atoms with E-state index in [1.54, 1.807) is 0 Å². The van der Waals surface area contributed by atoms with Crippen LogP contribution in [0.5, 0.6) is 0 Å². The third-order valence-corrected chi connectivity index (χ3v) is 2.89. The van der Waals surface area contributed by atoms with E-state index in [1.165, 1.54) is 38.5 Å². The first-order valence-electron chi connectivity index (χ1n) is 5.08. The molecule has 1 rings (SSSR count). The molecule has 1 heteroatoms. The molecule has 0 radical (unpaired) electrons. The molecule has 1 aliphatic rings. The molecule has 1 saturated carbocycles. The third-order valence-electron chi connectivity index (χ3n) is 2.89. The largest absolute Gasteiger partial charge is 0.328 e. The molecular formula is C10H21N. The molecule has 1 fully saturated rings. The Bertz CT molecular complexity index is 95.0. The Labute approximate surface area is 70.4 Å². The van der Waals surface area contributed by atoms with Crippen LogP contribution in [-0.4, -0.2) is 6.04 Å². The SMILES string of the molecule is CCC(N)CC1CCCCC1. The van der Waals surface area contributed by atoms with Crippen molar-refractivity contribution in [3.8, 4) is 0 Å². The normalized spacial score (nSPS) is 23.5. The Morgan fingerprint density at radius 3 is 2.45 bits per heavy atom. The van der Waals surface area contributed by atoms with Crippen LogP contribution in [0.15, 0.2) is 0 Å². The monoisotopic (exact) mass is 155 g/mol. The maximum Gasteiger partial charge on any atom is 0.00388 e. The first-order chi connectivity index (χ1) is 5.33. The van der Waals surface area contributed by atoms with Gasteiger partial charge >= 0.3 is 0 Å². The molecule has 2 N–H and O–H groups in total. The minimum absolute atomic E-state index is 0.470. The van der Waals surface area contributed by atoms with Crippen LogP contribution >= 0.6 is 0 Å². The number of rotatable bonds is 3. The Morgan fingerprint density at radius 2 is 1.91 bits per heavy atom. The predicted octanol–water partition coefficient (Wildman–Crippen LogP) is 2.69. The highest BCUT2D eigenvalue weighted by Crippen LogP contribution is 2.27. The minimum atomic E-state index is 0.470. The highest BCUT2D eigenvalue weighted by atomic mass is 14.6. The van der Waals surface area contributed by atoms with Gasteiger partial charge in [-0.1, -0.05) is 39.0 Å². The van der Waals surface area contributed by atoms with Gasteiger partial charge in [0.25, 0.3) is 0 Å². The summed E-state index contributed by atoms with van der Waals surface area (Å²) in [5.41, 5.74) is 5.90. The molecule has 0 aliphatic heterocycles. The van der Waals surface area contributed by atoms with Gasteiger partial charge in [0.1, 0.15) is 0 Å². The second-order valence-electron chi connectivity index (χ2n) is 3.91. The van der Waals surface area contributed by atoms with Gasteiger partial charge in [0.15, 0.2) is 0 Å². The minimum Gasteiger partial charge on any atom is -0.328 e. The molecule has 0 bridgehead atoms. The number of hydrogen-bond donors (Lipinski definition) is 1. The van der Waals surface area contributed by atoms with Crippen molar-refractivity contribution in [2.24, 2.45) is 11.7 Å². The van der Waals surface area contributed by atoms with E-state index in [0.29, 0.717) is 6.04 Å². The molecule has 0 spiro atoms. The quantitative estimate of drug-likeness (QED) is 0.666. The van der Waals surface area contributed by atoms with Crippen molar-refractivity contribution in [3.05, 3.63) is 0 Å². The molecule has 1 nitrogen and oxygen atoms in total. The van der Waals surface area contributed by atoms with Gasteiger partial charge in [0, 0.05) is 6.04 Å². The molecule has 0 aromatic carbocycles. The Morgan fingerprint density at radius 1 is 1.27 bits per heavy atom. The van der Waals surface area contributed by atoms with E-state index in [0.717, 1.165) is 12.3 Å². The molecular weight excluding hydrogens is 134 g/mol. The summed E-state index contributed by atoms with van der Waals surface area (Å²) in [4.78, 5) is 0. The fraction of sp³-hybridized carbons (Fsp3) is 1.00. The summed E-state index contributed by atoms with van der Waals surface area (Å²) in [6.07, 6.45) is 9.65. The Kier molecular flexibility index (Phi) is 3.92. The molecule has 1 unspecified atom stereocenters. The highest BCUT2D eigenvalue weighted by molar-refractivity contribution is 4.70. The molecule has 0 heterocycles. The zero-order valence-corrected chi connectivity index (χ0v) is 7.68. The first kappa shape index (κ1) is 9.05. The molecule has 1 atom stereocenters. The van der Waals surface area contributed by atoms with E-state index < -0.39 is 0 Å². The smallest absolute Gasteiger partial charge is 0.00388 e. The van der Waals surface area contributed by atoms with Crippen molar-refractivity contribution in [2.45, 2.75) is 57.9 Å². The average molecular weight is 155 g/mol. The maximum absolute atomic E-state index is 5.90. The Hall–Kier alpha value is -0.0400. The lowest BCUT2D eigenvalue weighted by molar-refractivity contribution is 0.315. The van der Waals surface area contributed by atoms with Crippen molar-refractivity contribution >= 4 is 0 Å². The van der Waals surface area contributed by atoms with Crippen LogP contribution in [-0.2, 0) is 0 Å². The lowest BCUT2D eigenvalue weighted by Gasteiger charge is -2.23. The zero-order chi connectivity index (χ0) is 8.10. The summed E-state index contributed by atoms with van der Waals surface area (Å²) in [6.45, 7) is 2.19. The van der Waals surface area contributed by atoms with Crippen LogP contribution in [0.1, 0.15) is 51.9 Å². The number of hydrogen-bond acceptors (Lipinski definition) is 1. The fourth-order valence-corrected chi connectivity index (χ4v) is 2.02. The molecule has 11 heavy (non-hydrogen) atoms. The summed E-state index contributed by atoms with van der Waals surface area (Å²) in [7, 11) is 0. The van der Waals surface area contributed by atoms with Gasteiger partial charge < -0.3 is 5.73 Å². The summed E-state index contributed by atoms with van der Waals surface area (Å²) < 4.78 is 0. The van der Waals surface area contributed by atoms with Gasteiger partial charge in [0.2, 0.25) is 0 Å². The van der Waals surface area contributed by atoms with E-state index in [9.17, 15) is 0 Å². The van der Waals surface area contributed by atoms with Gasteiger partial charge in [0.05, 0.1) is 0 Å². The number of nitrogens with two attached hydrogens (primary N) is 1. The second kappa shape index (κ2) is 4.76. The van der Waals surface area contributed by atoms with Crippen molar-refractivity contribution < 1.29 is 0 Å². The average Bonchev–Trinajstić information content (AvgIpc) is 2.06. The predicted molar refractivity (Wildman–Crippen MR) is 49.5 cm³/mol. The van der Waals surface area contributed by atoms with Gasteiger partial charge in [-0.15, -0.1) is 0 Å². The summed E-state index contributed by atoms with van der Waals surface area (Å²) in [6, 6.07) is 0.470. The van der Waals surface area contributed by atoms with Crippen LogP contribution in [0.25, 0.3) is 0 Å². The van der Waals surface area contributed by atoms with E-state index in [2.05, 4.69) is 6.92 Å². The molecule has 0 saturated heterocycles. The summed E-state index contributed by atoms with van der Waals surface area (Å²) >= 11 is 0. The molecule has 0 aromatic rings. The van der Waals surface area contributed by atoms with Crippen LogP contribution in [0, 0.1) is 5.92 Å². The fourth-order valence-electron chi connectivity index (χ4n) is 2.02. The molecule has 66 valence electrons. The van der Waals surface area contributed by atoms with Crippen LogP contribution < -0.4 is 5.73 Å². The van der Waals surface area contributed by atoms with E-state index in [1.807, 2.05) is 0 Å². The van der Waals surface area contributed by atoms with Crippen LogP contribution in [0.2, 0.25) is 0 Å². The zero-order valence-electron chi connectivity index (χ0n) is 7.68. The standard InChI is InChI=1S/C10H21N/c1-2-10(11)8-9-6-4-3-5-7-9/h9-10H,2-8,11H2,1H3. The molecule has 1 aliphatic carbocycles. The molecule has 0 amide bonds. The van der Waals surface area contributed by atoms with Crippen LogP contribution in [0.3, 0.4) is 0 Å². The van der Waals surface area contributed by atoms with E-state index >= 15 is 0 Å². The summed E-state index contributed by atoms with van der Waals surface area (Å²) in [5.74, 6) is 0.957. The second-order valence-corrected chi connectivity index (χ2v) is 3.91. The Balaban J connectivity index is 2.13. The van der Waals surface area contributed by atoms with Gasteiger partial charge in [-0.3, -0.25) is 0 Å². The van der Waals surface area contributed by atoms with Crippen molar-refractivity contribution in [2.75, 3.05) is 0 Å². The van der Waals surface area contributed by atoms with Gasteiger partial charge in [-0.25, -0.2) is 0 Å². The topological polar surface area (TPSA) is 26.0 Å².